The van der Waals surface area contributed by atoms with Crippen molar-refractivity contribution in [3.05, 3.63) is 49.9 Å². The molecule has 0 amide bonds. The Bertz CT molecular complexity index is 540. The van der Waals surface area contributed by atoms with Crippen LogP contribution in [0.5, 0.6) is 0 Å². The highest BCUT2D eigenvalue weighted by Gasteiger charge is 2.10. The minimum absolute atomic E-state index is 0.164. The Labute approximate surface area is 121 Å². The van der Waals surface area contributed by atoms with Gasteiger partial charge in [0.25, 0.3) is 0 Å². The van der Waals surface area contributed by atoms with E-state index < -0.39 is 0 Å². The number of rotatable bonds is 4. The molecule has 0 fully saturated rings. The molecular weight excluding hydrogens is 287 g/mol. The molecule has 1 N–H and O–H groups in total. The summed E-state index contributed by atoms with van der Waals surface area (Å²) in [6, 6.07) is 5.74. The van der Waals surface area contributed by atoms with Crippen LogP contribution < -0.4 is 5.32 Å². The number of halogens is 2. The maximum Gasteiger partial charge on any atom is 0.0897 e. The van der Waals surface area contributed by atoms with E-state index in [-0.39, 0.29) is 6.04 Å². The normalized spacial score (nSPS) is 12.7. The second kappa shape index (κ2) is 6.02. The molecule has 0 bridgehead atoms. The fourth-order valence-electron chi connectivity index (χ4n) is 1.71. The van der Waals surface area contributed by atoms with Crippen LogP contribution in [-0.4, -0.2) is 4.98 Å². The molecule has 5 heteroatoms. The molecule has 0 aliphatic carbocycles. The minimum atomic E-state index is 0.164. The van der Waals surface area contributed by atoms with Crippen LogP contribution in [-0.2, 0) is 6.54 Å². The number of hydrogen-bond donors (Lipinski definition) is 1. The van der Waals surface area contributed by atoms with Crippen LogP contribution >= 0.6 is 34.5 Å². The maximum absolute atomic E-state index is 6.17. The van der Waals surface area contributed by atoms with Gasteiger partial charge in [-0.1, -0.05) is 29.3 Å². The molecule has 0 saturated carbocycles. The third kappa shape index (κ3) is 3.45. The Balaban J connectivity index is 2.01. The van der Waals surface area contributed by atoms with Gasteiger partial charge in [-0.15, -0.1) is 11.3 Å². The Morgan fingerprint density at radius 2 is 2.17 bits per heavy atom. The highest BCUT2D eigenvalue weighted by atomic mass is 35.5. The Kier molecular flexibility index (Phi) is 4.62. The van der Waals surface area contributed by atoms with E-state index in [1.54, 1.807) is 17.4 Å². The lowest BCUT2D eigenvalue weighted by Crippen LogP contribution is -2.18. The molecule has 1 heterocycles. The first-order valence-corrected chi connectivity index (χ1v) is 7.29. The van der Waals surface area contributed by atoms with E-state index in [4.69, 9.17) is 23.2 Å². The number of thiazole rings is 1. The second-order valence-electron chi connectivity index (χ2n) is 4.13. The Hall–Kier alpha value is -0.610. The summed E-state index contributed by atoms with van der Waals surface area (Å²) in [5.74, 6) is 0. The van der Waals surface area contributed by atoms with Gasteiger partial charge >= 0.3 is 0 Å². The van der Waals surface area contributed by atoms with Crippen molar-refractivity contribution in [3.8, 4) is 0 Å². The predicted molar refractivity (Wildman–Crippen MR) is 78.6 cm³/mol. The highest BCUT2D eigenvalue weighted by Crippen LogP contribution is 2.26. The number of hydrogen-bond acceptors (Lipinski definition) is 3. The molecule has 2 rings (SSSR count). The van der Waals surface area contributed by atoms with Gasteiger partial charge in [0.05, 0.1) is 10.7 Å². The van der Waals surface area contributed by atoms with Crippen molar-refractivity contribution in [2.24, 2.45) is 0 Å². The van der Waals surface area contributed by atoms with Gasteiger partial charge in [0, 0.05) is 28.0 Å². The predicted octanol–water partition coefficient (Wildman–Crippen LogP) is 4.61. The molecule has 0 spiro atoms. The van der Waals surface area contributed by atoms with Crippen molar-refractivity contribution in [1.29, 1.82) is 0 Å². The zero-order valence-electron chi connectivity index (χ0n) is 10.2. The SMILES string of the molecule is Cc1nc(CNC(C)c2ccc(Cl)cc2Cl)cs1. The standard InChI is InChI=1S/C13H14Cl2N2S/c1-8(12-4-3-10(14)5-13(12)15)16-6-11-7-18-9(2)17-11/h3-5,7-8,16H,6H2,1-2H3. The van der Waals surface area contributed by atoms with Gasteiger partial charge < -0.3 is 5.32 Å². The van der Waals surface area contributed by atoms with E-state index in [1.807, 2.05) is 19.1 Å². The number of nitrogens with zero attached hydrogens (tertiary/aromatic N) is 1. The van der Waals surface area contributed by atoms with E-state index in [0.29, 0.717) is 10.0 Å². The van der Waals surface area contributed by atoms with Crippen LogP contribution in [0.2, 0.25) is 10.0 Å². The fourth-order valence-corrected chi connectivity index (χ4v) is 2.89. The summed E-state index contributed by atoms with van der Waals surface area (Å²) >= 11 is 13.7. The lowest BCUT2D eigenvalue weighted by Gasteiger charge is -2.15. The lowest BCUT2D eigenvalue weighted by molar-refractivity contribution is 0.569. The molecule has 0 aliphatic heterocycles. The topological polar surface area (TPSA) is 24.9 Å². The quantitative estimate of drug-likeness (QED) is 0.892. The molecule has 2 nitrogen and oxygen atoms in total. The molecule has 2 aromatic rings. The van der Waals surface area contributed by atoms with Crippen molar-refractivity contribution >= 4 is 34.5 Å². The highest BCUT2D eigenvalue weighted by molar-refractivity contribution is 7.09. The number of aromatic nitrogens is 1. The third-order valence-corrected chi connectivity index (χ3v) is 4.07. The number of aryl methyl sites for hydroxylation is 1. The van der Waals surface area contributed by atoms with Crippen LogP contribution in [0.4, 0.5) is 0 Å². The largest absolute Gasteiger partial charge is 0.304 e. The van der Waals surface area contributed by atoms with Gasteiger partial charge in [0.1, 0.15) is 0 Å². The van der Waals surface area contributed by atoms with Crippen molar-refractivity contribution in [3.63, 3.8) is 0 Å². The summed E-state index contributed by atoms with van der Waals surface area (Å²) in [7, 11) is 0. The summed E-state index contributed by atoms with van der Waals surface area (Å²) in [5.41, 5.74) is 2.11. The van der Waals surface area contributed by atoms with Crippen LogP contribution in [0.3, 0.4) is 0 Å². The van der Waals surface area contributed by atoms with Gasteiger partial charge in [-0.25, -0.2) is 4.98 Å². The van der Waals surface area contributed by atoms with Crippen molar-refractivity contribution in [2.45, 2.75) is 26.4 Å². The van der Waals surface area contributed by atoms with Crippen molar-refractivity contribution in [1.82, 2.24) is 10.3 Å². The van der Waals surface area contributed by atoms with Crippen molar-refractivity contribution < 1.29 is 0 Å². The van der Waals surface area contributed by atoms with Gasteiger partial charge in [-0.2, -0.15) is 0 Å². The van der Waals surface area contributed by atoms with E-state index in [1.165, 1.54) is 0 Å². The Morgan fingerprint density at radius 1 is 1.39 bits per heavy atom. The summed E-state index contributed by atoms with van der Waals surface area (Å²) < 4.78 is 0. The summed E-state index contributed by atoms with van der Waals surface area (Å²) in [5, 5.41) is 7.91. The van der Waals surface area contributed by atoms with Crippen LogP contribution in [0.1, 0.15) is 29.2 Å². The summed E-state index contributed by atoms with van der Waals surface area (Å²) in [4.78, 5) is 4.41. The minimum Gasteiger partial charge on any atom is -0.304 e. The third-order valence-electron chi connectivity index (χ3n) is 2.68. The van der Waals surface area contributed by atoms with Crippen LogP contribution in [0.15, 0.2) is 23.6 Å². The molecule has 96 valence electrons. The Morgan fingerprint density at radius 3 is 2.78 bits per heavy atom. The smallest absolute Gasteiger partial charge is 0.0897 e. The van der Waals surface area contributed by atoms with Gasteiger partial charge in [0.15, 0.2) is 0 Å². The van der Waals surface area contributed by atoms with Crippen LogP contribution in [0, 0.1) is 6.92 Å². The molecule has 1 aromatic carbocycles. The van der Waals surface area contributed by atoms with Gasteiger partial charge in [0.2, 0.25) is 0 Å². The monoisotopic (exact) mass is 300 g/mol. The molecule has 18 heavy (non-hydrogen) atoms. The summed E-state index contributed by atoms with van der Waals surface area (Å²) in [6.07, 6.45) is 0. The molecule has 1 aromatic heterocycles. The molecule has 1 unspecified atom stereocenters. The first-order valence-electron chi connectivity index (χ1n) is 5.65. The average molecular weight is 301 g/mol. The molecule has 0 radical (unpaired) electrons. The zero-order valence-corrected chi connectivity index (χ0v) is 12.5. The first kappa shape index (κ1) is 13.8. The first-order chi connectivity index (χ1) is 8.56. The number of benzene rings is 1. The molecular formula is C13H14Cl2N2S. The van der Waals surface area contributed by atoms with E-state index in [9.17, 15) is 0 Å². The van der Waals surface area contributed by atoms with E-state index in [2.05, 4.69) is 22.6 Å². The lowest BCUT2D eigenvalue weighted by atomic mass is 10.1. The second-order valence-corrected chi connectivity index (χ2v) is 6.03. The molecule has 1 atom stereocenters. The number of nitrogens with one attached hydrogen (secondary N) is 1. The van der Waals surface area contributed by atoms with Gasteiger partial charge in [-0.05, 0) is 31.5 Å². The van der Waals surface area contributed by atoms with Crippen molar-refractivity contribution in [2.75, 3.05) is 0 Å². The molecule has 0 aliphatic rings. The average Bonchev–Trinajstić information content (AvgIpc) is 2.72. The van der Waals surface area contributed by atoms with E-state index in [0.717, 1.165) is 22.8 Å². The van der Waals surface area contributed by atoms with Crippen LogP contribution in [0.25, 0.3) is 0 Å². The molecule has 0 saturated heterocycles. The fraction of sp³-hybridized carbons (Fsp3) is 0.308. The van der Waals surface area contributed by atoms with E-state index >= 15 is 0 Å². The zero-order chi connectivity index (χ0) is 13.1. The maximum atomic E-state index is 6.17. The summed E-state index contributed by atoms with van der Waals surface area (Å²) in [6.45, 7) is 4.83. The van der Waals surface area contributed by atoms with Gasteiger partial charge in [-0.3, -0.25) is 0 Å².